The van der Waals surface area contributed by atoms with E-state index in [1.165, 1.54) is 0 Å². The molecule has 120 valence electrons. The summed E-state index contributed by atoms with van der Waals surface area (Å²) in [7, 11) is -2.66. The summed E-state index contributed by atoms with van der Waals surface area (Å²) < 4.78 is 59.9. The molecule has 21 heavy (non-hydrogen) atoms. The van der Waals surface area contributed by atoms with Crippen LogP contribution in [-0.4, -0.2) is 14.5 Å². The summed E-state index contributed by atoms with van der Waals surface area (Å²) in [6.45, 7) is 5.45. The molecule has 0 saturated heterocycles. The van der Waals surface area contributed by atoms with Crippen LogP contribution in [0.2, 0.25) is 29.7 Å². The van der Waals surface area contributed by atoms with Gasteiger partial charge in [-0.3, -0.25) is 0 Å². The van der Waals surface area contributed by atoms with Crippen LogP contribution in [0, 0.1) is 5.82 Å². The van der Waals surface area contributed by atoms with Gasteiger partial charge in [0.2, 0.25) is 0 Å². The lowest BCUT2D eigenvalue weighted by Crippen LogP contribution is -2.49. The van der Waals surface area contributed by atoms with Gasteiger partial charge in [-0.1, -0.05) is 23.2 Å². The normalized spacial score (nSPS) is 15.9. The second-order valence-corrected chi connectivity index (χ2v) is 10.9. The van der Waals surface area contributed by atoms with E-state index in [0.29, 0.717) is 0 Å². The Morgan fingerprint density at radius 3 is 2.05 bits per heavy atom. The highest BCUT2D eigenvalue weighted by molar-refractivity contribution is 6.69. The molecule has 1 rings (SSSR count). The van der Waals surface area contributed by atoms with E-state index in [0.717, 1.165) is 13.0 Å². The summed E-state index contributed by atoms with van der Waals surface area (Å²) in [6, 6.07) is 0.811. The maximum Gasteiger partial charge on any atom is 0.420 e. The first-order chi connectivity index (χ1) is 9.21. The topological polar surface area (TPSA) is 35.2 Å². The Hall–Kier alpha value is -0.503. The van der Waals surface area contributed by atoms with Crippen molar-refractivity contribution in [1.82, 2.24) is 0 Å². The average Bonchev–Trinajstić information content (AvgIpc) is 2.27. The van der Waals surface area contributed by atoms with Crippen LogP contribution in [0.15, 0.2) is 6.07 Å². The van der Waals surface area contributed by atoms with E-state index in [2.05, 4.69) is 0 Å². The van der Waals surface area contributed by atoms with Crippen LogP contribution in [0.5, 0.6) is 0 Å². The fraction of sp³-hybridized carbons (Fsp3) is 0.500. The average molecular weight is 364 g/mol. The fourth-order valence-electron chi connectivity index (χ4n) is 1.83. The summed E-state index contributed by atoms with van der Waals surface area (Å²) >= 11 is 11.4. The molecule has 0 aliphatic rings. The highest BCUT2D eigenvalue weighted by Gasteiger charge is 2.57. The first kappa shape index (κ1) is 18.5. The smallest absolute Gasteiger partial charge is 0.401 e. The number of alkyl halides is 3. The van der Waals surface area contributed by atoms with Crippen molar-refractivity contribution >= 4 is 37.2 Å². The molecule has 2 nitrogen and oxygen atoms in total. The quantitative estimate of drug-likeness (QED) is 0.340. The molecule has 1 aromatic carbocycles. The SMILES string of the molecule is CC(O[Si](C)(C)C)(c1cc(Cl)c(N)c(Cl)c1F)C(F)(F)F. The molecular weight excluding hydrogens is 349 g/mol. The fourth-order valence-corrected chi connectivity index (χ4v) is 3.74. The van der Waals surface area contributed by atoms with Crippen molar-refractivity contribution in [3.8, 4) is 0 Å². The minimum atomic E-state index is -4.85. The van der Waals surface area contributed by atoms with Gasteiger partial charge in [0.1, 0.15) is 10.8 Å². The lowest BCUT2D eigenvalue weighted by molar-refractivity contribution is -0.251. The largest absolute Gasteiger partial charge is 0.420 e. The van der Waals surface area contributed by atoms with Gasteiger partial charge >= 0.3 is 6.18 Å². The van der Waals surface area contributed by atoms with Gasteiger partial charge in [0.05, 0.1) is 10.7 Å². The highest BCUT2D eigenvalue weighted by Crippen LogP contribution is 2.47. The number of anilines is 1. The predicted octanol–water partition coefficient (Wildman–Crippen LogP) is 5.34. The molecule has 1 aromatic rings. The van der Waals surface area contributed by atoms with Gasteiger partial charge in [0.25, 0.3) is 0 Å². The van der Waals surface area contributed by atoms with Crippen molar-refractivity contribution in [2.75, 3.05) is 5.73 Å². The number of nitrogen functional groups attached to an aromatic ring is 1. The van der Waals surface area contributed by atoms with Crippen LogP contribution < -0.4 is 5.73 Å². The molecule has 1 unspecified atom stereocenters. The standard InChI is InChI=1S/C12H15Cl2F4NOSi/c1-11(12(16,17)18,20-21(2,3)4)6-5-7(13)10(19)8(14)9(6)15/h5H,19H2,1-4H3. The van der Waals surface area contributed by atoms with Gasteiger partial charge < -0.3 is 10.2 Å². The molecule has 0 amide bonds. The van der Waals surface area contributed by atoms with E-state index in [9.17, 15) is 17.6 Å². The summed E-state index contributed by atoms with van der Waals surface area (Å²) in [5.41, 5.74) is 1.47. The Bertz CT molecular complexity index is 560. The summed E-state index contributed by atoms with van der Waals surface area (Å²) in [5.74, 6) is -1.28. The van der Waals surface area contributed by atoms with Gasteiger partial charge in [-0.2, -0.15) is 13.2 Å². The Labute approximate surface area is 131 Å². The number of nitrogens with two attached hydrogens (primary N) is 1. The lowest BCUT2D eigenvalue weighted by Gasteiger charge is -2.38. The maximum absolute atomic E-state index is 14.2. The Kier molecular flexibility index (Phi) is 4.95. The van der Waals surface area contributed by atoms with E-state index in [1.54, 1.807) is 19.6 Å². The number of benzene rings is 1. The molecule has 1 atom stereocenters. The van der Waals surface area contributed by atoms with E-state index >= 15 is 0 Å². The van der Waals surface area contributed by atoms with Crippen LogP contribution in [0.3, 0.4) is 0 Å². The molecule has 0 saturated carbocycles. The molecule has 2 N–H and O–H groups in total. The highest BCUT2D eigenvalue weighted by atomic mass is 35.5. The Morgan fingerprint density at radius 2 is 1.67 bits per heavy atom. The van der Waals surface area contributed by atoms with Crippen LogP contribution >= 0.6 is 23.2 Å². The Balaban J connectivity index is 3.63. The minimum absolute atomic E-state index is 0.258. The summed E-state index contributed by atoms with van der Waals surface area (Å²) in [5, 5.41) is -0.904. The third-order valence-corrected chi connectivity index (χ3v) is 4.46. The van der Waals surface area contributed by atoms with E-state index in [-0.39, 0.29) is 10.7 Å². The molecule has 0 radical (unpaired) electrons. The van der Waals surface area contributed by atoms with Crippen molar-refractivity contribution in [3.05, 3.63) is 27.5 Å². The maximum atomic E-state index is 14.2. The molecule has 0 bridgehead atoms. The zero-order valence-corrected chi connectivity index (χ0v) is 14.3. The lowest BCUT2D eigenvalue weighted by atomic mass is 9.94. The molecule has 0 aromatic heterocycles. The third kappa shape index (κ3) is 3.64. The van der Waals surface area contributed by atoms with Crippen molar-refractivity contribution in [2.45, 2.75) is 38.3 Å². The Morgan fingerprint density at radius 1 is 1.19 bits per heavy atom. The van der Waals surface area contributed by atoms with E-state index < -0.39 is 36.5 Å². The number of hydrogen-bond donors (Lipinski definition) is 1. The van der Waals surface area contributed by atoms with Crippen molar-refractivity contribution in [1.29, 1.82) is 0 Å². The number of hydrogen-bond acceptors (Lipinski definition) is 2. The van der Waals surface area contributed by atoms with Gasteiger partial charge in [0, 0.05) is 5.56 Å². The van der Waals surface area contributed by atoms with Gasteiger partial charge in [-0.15, -0.1) is 0 Å². The molecule has 0 aliphatic heterocycles. The van der Waals surface area contributed by atoms with Crippen molar-refractivity contribution in [3.63, 3.8) is 0 Å². The van der Waals surface area contributed by atoms with Gasteiger partial charge in [0.15, 0.2) is 13.9 Å². The molecular formula is C12H15Cl2F4NOSi. The van der Waals surface area contributed by atoms with Gasteiger partial charge in [-0.25, -0.2) is 4.39 Å². The molecule has 0 spiro atoms. The second-order valence-electron chi connectivity index (χ2n) is 5.69. The third-order valence-electron chi connectivity index (χ3n) is 2.76. The second kappa shape index (κ2) is 5.61. The van der Waals surface area contributed by atoms with Crippen LogP contribution in [-0.2, 0) is 10.0 Å². The van der Waals surface area contributed by atoms with Crippen LogP contribution in [0.25, 0.3) is 0 Å². The van der Waals surface area contributed by atoms with Gasteiger partial charge in [-0.05, 0) is 32.6 Å². The molecule has 0 aliphatic carbocycles. The number of halogens is 6. The molecule has 0 heterocycles. The van der Waals surface area contributed by atoms with Crippen molar-refractivity contribution < 1.29 is 22.0 Å². The van der Waals surface area contributed by atoms with Crippen LogP contribution in [0.4, 0.5) is 23.2 Å². The van der Waals surface area contributed by atoms with E-state index in [1.807, 2.05) is 0 Å². The predicted molar refractivity (Wildman–Crippen MR) is 78.7 cm³/mol. The van der Waals surface area contributed by atoms with Crippen molar-refractivity contribution in [2.24, 2.45) is 0 Å². The summed E-state index contributed by atoms with van der Waals surface area (Å²) in [4.78, 5) is 0. The monoisotopic (exact) mass is 363 g/mol. The summed E-state index contributed by atoms with van der Waals surface area (Å²) in [6.07, 6.45) is -4.85. The van der Waals surface area contributed by atoms with E-state index in [4.69, 9.17) is 33.4 Å². The zero-order valence-electron chi connectivity index (χ0n) is 11.8. The van der Waals surface area contributed by atoms with Crippen LogP contribution in [0.1, 0.15) is 12.5 Å². The number of rotatable bonds is 3. The minimum Gasteiger partial charge on any atom is -0.401 e. The first-order valence-corrected chi connectivity index (χ1v) is 10.1. The molecule has 0 fully saturated rings. The first-order valence-electron chi connectivity index (χ1n) is 5.91. The molecule has 9 heteroatoms. The zero-order chi connectivity index (χ0) is 16.8.